The third-order valence-electron chi connectivity index (χ3n) is 2.08. The van der Waals surface area contributed by atoms with Gasteiger partial charge in [0.05, 0.1) is 5.75 Å². The Hall–Kier alpha value is -0.510. The summed E-state index contributed by atoms with van der Waals surface area (Å²) in [6.07, 6.45) is 4.42. The van der Waals surface area contributed by atoms with Crippen molar-refractivity contribution in [3.05, 3.63) is 0 Å². The molecule has 0 spiro atoms. The first-order chi connectivity index (χ1) is 6.25. The molecule has 1 rings (SSSR count). The molecule has 1 aliphatic rings. The van der Waals surface area contributed by atoms with E-state index >= 15 is 0 Å². The van der Waals surface area contributed by atoms with Crippen LogP contribution in [-0.2, 0) is 4.79 Å². The molecule has 0 radical (unpaired) electrons. The van der Waals surface area contributed by atoms with E-state index in [9.17, 15) is 9.59 Å². The van der Waals surface area contributed by atoms with Gasteiger partial charge in [0.2, 0.25) is 5.91 Å². The molecule has 1 aliphatic heterocycles. The van der Waals surface area contributed by atoms with Crippen LogP contribution < -0.4 is 0 Å². The number of unbranched alkanes of at least 4 members (excludes halogenated alkanes) is 3. The lowest BCUT2D eigenvalue weighted by Crippen LogP contribution is -2.29. The summed E-state index contributed by atoms with van der Waals surface area (Å²) < 4.78 is 0. The fraction of sp³-hybridized carbons (Fsp3) is 0.778. The average Bonchev–Trinajstić information content (AvgIpc) is 2.42. The molecule has 1 saturated heterocycles. The molecule has 0 unspecified atom stereocenters. The largest absolute Gasteiger partial charge is 0.288 e. The number of carbonyl (C=O) groups is 2. The van der Waals surface area contributed by atoms with Gasteiger partial charge in [0.25, 0.3) is 5.24 Å². The van der Waals surface area contributed by atoms with Crippen LogP contribution in [0.5, 0.6) is 0 Å². The molecule has 0 N–H and O–H groups in total. The molecule has 0 saturated carbocycles. The van der Waals surface area contributed by atoms with E-state index in [2.05, 4.69) is 6.92 Å². The van der Waals surface area contributed by atoms with Crippen molar-refractivity contribution in [1.82, 2.24) is 4.90 Å². The smallest absolute Gasteiger partial charge is 0.273 e. The summed E-state index contributed by atoms with van der Waals surface area (Å²) in [4.78, 5) is 23.6. The van der Waals surface area contributed by atoms with Crippen LogP contribution in [0.15, 0.2) is 0 Å². The van der Waals surface area contributed by atoms with Crippen LogP contribution in [-0.4, -0.2) is 28.3 Å². The van der Waals surface area contributed by atoms with Crippen LogP contribution in [0.3, 0.4) is 0 Å². The van der Waals surface area contributed by atoms with Crippen LogP contribution in [0.2, 0.25) is 0 Å². The minimum atomic E-state index is -0.0681. The highest BCUT2D eigenvalue weighted by Crippen LogP contribution is 2.19. The molecule has 0 aromatic rings. The standard InChI is InChI=1S/C9H15NO2S/c1-2-3-4-5-6-10-8(11)7-13-9(10)12/h2-7H2,1H3. The number of thioether (sulfide) groups is 1. The maximum absolute atomic E-state index is 11.1. The summed E-state index contributed by atoms with van der Waals surface area (Å²) in [5, 5.41) is -0.0681. The van der Waals surface area contributed by atoms with E-state index in [4.69, 9.17) is 0 Å². The molecule has 4 heteroatoms. The Labute approximate surface area is 82.9 Å². The highest BCUT2D eigenvalue weighted by Gasteiger charge is 2.28. The molecule has 0 aliphatic carbocycles. The first kappa shape index (κ1) is 10.6. The number of nitrogens with zero attached hydrogens (tertiary/aromatic N) is 1. The highest BCUT2D eigenvalue weighted by atomic mass is 32.2. The van der Waals surface area contributed by atoms with E-state index in [-0.39, 0.29) is 11.1 Å². The zero-order chi connectivity index (χ0) is 9.68. The van der Waals surface area contributed by atoms with Gasteiger partial charge >= 0.3 is 0 Å². The lowest BCUT2D eigenvalue weighted by molar-refractivity contribution is -0.124. The Kier molecular flexibility index (Phi) is 4.28. The first-order valence-corrected chi connectivity index (χ1v) is 5.71. The maximum atomic E-state index is 11.1. The third kappa shape index (κ3) is 3.03. The summed E-state index contributed by atoms with van der Waals surface area (Å²) in [6, 6.07) is 0. The Morgan fingerprint density at radius 3 is 2.62 bits per heavy atom. The van der Waals surface area contributed by atoms with Gasteiger partial charge in [0, 0.05) is 6.54 Å². The predicted molar refractivity (Wildman–Crippen MR) is 53.7 cm³/mol. The fourth-order valence-electron chi connectivity index (χ4n) is 1.29. The van der Waals surface area contributed by atoms with Crippen LogP contribution in [0.25, 0.3) is 0 Å². The van der Waals surface area contributed by atoms with Crippen LogP contribution in [0.4, 0.5) is 4.79 Å². The van der Waals surface area contributed by atoms with Crippen LogP contribution in [0.1, 0.15) is 32.6 Å². The van der Waals surface area contributed by atoms with Crippen LogP contribution >= 0.6 is 11.8 Å². The molecule has 0 atom stereocenters. The number of hydrogen-bond acceptors (Lipinski definition) is 3. The average molecular weight is 201 g/mol. The predicted octanol–water partition coefficient (Wildman–Crippen LogP) is 2.26. The second-order valence-corrected chi connectivity index (χ2v) is 4.09. The first-order valence-electron chi connectivity index (χ1n) is 4.73. The number of imide groups is 1. The van der Waals surface area contributed by atoms with E-state index in [0.717, 1.165) is 24.6 Å². The molecule has 3 nitrogen and oxygen atoms in total. The fourth-order valence-corrected chi connectivity index (χ4v) is 2.05. The van der Waals surface area contributed by atoms with Gasteiger partial charge in [-0.25, -0.2) is 0 Å². The SMILES string of the molecule is CCCCCCN1C(=O)CSC1=O. The molecular formula is C9H15NO2S. The Morgan fingerprint density at radius 2 is 2.08 bits per heavy atom. The molecule has 0 bridgehead atoms. The molecule has 2 amide bonds. The van der Waals surface area contributed by atoms with E-state index in [1.807, 2.05) is 0 Å². The molecule has 74 valence electrons. The van der Waals surface area contributed by atoms with Gasteiger partial charge in [-0.15, -0.1) is 0 Å². The van der Waals surface area contributed by atoms with Crippen molar-refractivity contribution in [2.24, 2.45) is 0 Å². The van der Waals surface area contributed by atoms with Gasteiger partial charge in [-0.05, 0) is 6.42 Å². The number of amides is 2. The molecule has 1 heterocycles. The lowest BCUT2D eigenvalue weighted by Gasteiger charge is -2.11. The topological polar surface area (TPSA) is 37.4 Å². The molecule has 0 aromatic heterocycles. The van der Waals surface area contributed by atoms with Gasteiger partial charge in [-0.2, -0.15) is 0 Å². The lowest BCUT2D eigenvalue weighted by atomic mass is 10.2. The molecule has 1 fully saturated rings. The number of rotatable bonds is 5. The van der Waals surface area contributed by atoms with E-state index < -0.39 is 0 Å². The minimum absolute atomic E-state index is 0.0218. The van der Waals surface area contributed by atoms with Gasteiger partial charge < -0.3 is 0 Å². The van der Waals surface area contributed by atoms with E-state index in [1.165, 1.54) is 17.7 Å². The van der Waals surface area contributed by atoms with Gasteiger partial charge in [0.15, 0.2) is 0 Å². The van der Waals surface area contributed by atoms with Gasteiger partial charge in [0.1, 0.15) is 0 Å². The van der Waals surface area contributed by atoms with Crippen molar-refractivity contribution >= 4 is 22.9 Å². The van der Waals surface area contributed by atoms with E-state index in [1.54, 1.807) is 0 Å². The highest BCUT2D eigenvalue weighted by molar-refractivity contribution is 8.14. The maximum Gasteiger partial charge on any atom is 0.288 e. The van der Waals surface area contributed by atoms with Crippen molar-refractivity contribution in [2.75, 3.05) is 12.3 Å². The third-order valence-corrected chi connectivity index (χ3v) is 2.93. The van der Waals surface area contributed by atoms with Crippen molar-refractivity contribution in [2.45, 2.75) is 32.6 Å². The Morgan fingerprint density at radius 1 is 1.31 bits per heavy atom. The second kappa shape index (κ2) is 5.27. The monoisotopic (exact) mass is 201 g/mol. The van der Waals surface area contributed by atoms with Crippen molar-refractivity contribution in [3.63, 3.8) is 0 Å². The molecule has 0 aromatic carbocycles. The zero-order valence-electron chi connectivity index (χ0n) is 7.91. The summed E-state index contributed by atoms with van der Waals surface area (Å²) in [7, 11) is 0. The van der Waals surface area contributed by atoms with Crippen molar-refractivity contribution in [1.29, 1.82) is 0 Å². The molecular weight excluding hydrogens is 186 g/mol. The Balaban J connectivity index is 2.20. The number of hydrogen-bond donors (Lipinski definition) is 0. The van der Waals surface area contributed by atoms with Gasteiger partial charge in [-0.1, -0.05) is 37.9 Å². The van der Waals surface area contributed by atoms with Crippen molar-refractivity contribution in [3.8, 4) is 0 Å². The number of carbonyl (C=O) groups excluding carboxylic acids is 2. The summed E-state index contributed by atoms with van der Waals surface area (Å²) in [6.45, 7) is 2.76. The second-order valence-electron chi connectivity index (χ2n) is 3.16. The minimum Gasteiger partial charge on any atom is -0.273 e. The Bertz CT molecular complexity index is 190. The van der Waals surface area contributed by atoms with Gasteiger partial charge in [-0.3, -0.25) is 14.5 Å². The summed E-state index contributed by atoms with van der Waals surface area (Å²) in [5.41, 5.74) is 0. The molecule has 13 heavy (non-hydrogen) atoms. The quantitative estimate of drug-likeness (QED) is 0.640. The van der Waals surface area contributed by atoms with Crippen LogP contribution in [0, 0.1) is 0 Å². The summed E-state index contributed by atoms with van der Waals surface area (Å²) in [5.74, 6) is 0.318. The van der Waals surface area contributed by atoms with Crippen molar-refractivity contribution < 1.29 is 9.59 Å². The zero-order valence-corrected chi connectivity index (χ0v) is 8.73. The summed E-state index contributed by atoms with van der Waals surface area (Å²) >= 11 is 1.11. The van der Waals surface area contributed by atoms with E-state index in [0.29, 0.717) is 12.3 Å². The normalized spacial score (nSPS) is 17.2.